The Morgan fingerprint density at radius 3 is 2.83 bits per heavy atom. The van der Waals surface area contributed by atoms with Gasteiger partial charge in [-0.15, -0.1) is 12.7 Å². The van der Waals surface area contributed by atoms with Gasteiger partial charge in [0.2, 0.25) is 0 Å². The van der Waals surface area contributed by atoms with Crippen LogP contribution in [0.3, 0.4) is 0 Å². The fraction of sp³-hybridized carbons (Fsp3) is 0.333. The Kier molecular flexibility index (Phi) is 6.50. The fourth-order valence-electron chi connectivity index (χ4n) is 0.201. The van der Waals surface area contributed by atoms with Crippen molar-refractivity contribution in [2.24, 2.45) is 0 Å². The van der Waals surface area contributed by atoms with E-state index in [-0.39, 0.29) is 15.6 Å². The molecule has 32 valence electrons. The van der Waals surface area contributed by atoms with Crippen LogP contribution in [0.1, 0.15) is 0 Å². The highest BCUT2D eigenvalue weighted by molar-refractivity contribution is 6.34. The molecule has 0 aromatic heterocycles. The van der Waals surface area contributed by atoms with Crippen LogP contribution < -0.4 is 0 Å². The molecule has 6 heavy (non-hydrogen) atoms. The lowest BCUT2D eigenvalue weighted by Crippen LogP contribution is -1.89. The molecule has 0 spiro atoms. The summed E-state index contributed by atoms with van der Waals surface area (Å²) in [6.07, 6.45) is 1.92. The first-order valence-electron chi connectivity index (χ1n) is 2.01. The molecule has 0 fully saturated rings. The molecular weight excluding hydrogens is 106 g/mol. The molecular formula is C3H8Al2O. The molecule has 0 aliphatic rings. The van der Waals surface area contributed by atoms with Gasteiger partial charge in [0.25, 0.3) is 0 Å². The molecule has 0 N–H and O–H groups in total. The Morgan fingerprint density at radius 1 is 2.00 bits per heavy atom. The van der Waals surface area contributed by atoms with Crippen LogP contribution in [0, 0.1) is 0 Å². The highest BCUT2D eigenvalue weighted by atomic mass is 27.2. The van der Waals surface area contributed by atoms with Crippen LogP contribution in [0.2, 0.25) is 5.28 Å². The molecule has 0 aromatic carbocycles. The third kappa shape index (κ3) is 4.76. The van der Waals surface area contributed by atoms with Crippen molar-refractivity contribution >= 4 is 32.2 Å². The molecule has 1 nitrogen and oxygen atoms in total. The lowest BCUT2D eigenvalue weighted by molar-refractivity contribution is 0.666. The van der Waals surface area contributed by atoms with E-state index in [2.05, 4.69) is 6.58 Å². The van der Waals surface area contributed by atoms with Gasteiger partial charge in [-0.2, -0.15) is 0 Å². The quantitative estimate of drug-likeness (QED) is 0.273. The zero-order chi connectivity index (χ0) is 4.83. The maximum Gasteiger partial charge on any atom is 0.408 e. The summed E-state index contributed by atoms with van der Waals surface area (Å²) in [5.41, 5.74) is 0. The predicted octanol–water partition coefficient (Wildman–Crippen LogP) is -0.493. The Balaban J connectivity index is 2.49. The van der Waals surface area contributed by atoms with Crippen LogP contribution in [0.4, 0.5) is 0 Å². The second-order valence-corrected chi connectivity index (χ2v) is 4.37. The molecule has 0 saturated carbocycles. The van der Waals surface area contributed by atoms with E-state index in [1.807, 2.05) is 6.08 Å². The summed E-state index contributed by atoms with van der Waals surface area (Å²) >= 11 is 0.783. The highest BCUT2D eigenvalue weighted by Crippen LogP contribution is 1.74. The van der Waals surface area contributed by atoms with Gasteiger partial charge in [0, 0.05) is 0 Å². The van der Waals surface area contributed by atoms with Crippen molar-refractivity contribution in [1.29, 1.82) is 0 Å². The number of hydrogen-bond donors (Lipinski definition) is 0. The van der Waals surface area contributed by atoms with E-state index in [4.69, 9.17) is 2.84 Å². The van der Waals surface area contributed by atoms with E-state index >= 15 is 0 Å². The van der Waals surface area contributed by atoms with E-state index in [9.17, 15) is 0 Å². The molecule has 0 aliphatic carbocycles. The monoisotopic (exact) mass is 114 g/mol. The summed E-state index contributed by atoms with van der Waals surface area (Å²) < 4.78 is 4.99. The van der Waals surface area contributed by atoms with Crippen molar-refractivity contribution < 1.29 is 2.84 Å². The highest BCUT2D eigenvalue weighted by Gasteiger charge is 1.80. The third-order valence-electron chi connectivity index (χ3n) is 0.526. The van der Waals surface area contributed by atoms with Gasteiger partial charge in [0.05, 0.1) is 0 Å². The standard InChI is InChI=1S/C3H5.2Al.O.3H/c1-3-2;;;;;;/h3H,1-2H2;;;;;;. The summed E-state index contributed by atoms with van der Waals surface area (Å²) in [7, 11) is 0. The van der Waals surface area contributed by atoms with Crippen molar-refractivity contribution in [3.63, 3.8) is 0 Å². The minimum atomic E-state index is -0.135. The molecule has 0 unspecified atom stereocenters. The second-order valence-electron chi connectivity index (χ2n) is 1.07. The maximum absolute atomic E-state index is 4.99. The largest absolute Gasteiger partial charge is 0.644 e. The fourth-order valence-corrected chi connectivity index (χ4v) is 1.31. The molecule has 3 heteroatoms. The normalized spacial score (nSPS) is 7.33. The first-order valence-corrected chi connectivity index (χ1v) is 4.41. The van der Waals surface area contributed by atoms with E-state index in [0.29, 0.717) is 0 Å². The molecule has 0 radical (unpaired) electrons. The summed E-state index contributed by atoms with van der Waals surface area (Å²) in [5.74, 6) is 0. The molecule has 0 saturated heterocycles. The topological polar surface area (TPSA) is 9.23 Å². The molecule has 0 bridgehead atoms. The lowest BCUT2D eigenvalue weighted by Gasteiger charge is -1.84. The zero-order valence-corrected chi connectivity index (χ0v) is 7.52. The van der Waals surface area contributed by atoms with Crippen LogP contribution in [-0.2, 0) is 2.84 Å². The smallest absolute Gasteiger partial charge is 0.408 e. The van der Waals surface area contributed by atoms with Gasteiger partial charge in [-0.25, -0.2) is 0 Å². The van der Waals surface area contributed by atoms with Crippen LogP contribution in [0.15, 0.2) is 12.7 Å². The first kappa shape index (κ1) is 6.76. The van der Waals surface area contributed by atoms with E-state index in [1.165, 1.54) is 0 Å². The molecule has 0 aliphatic heterocycles. The first-order chi connectivity index (χ1) is 2.91. The van der Waals surface area contributed by atoms with Gasteiger partial charge in [-0.05, 0) is 0 Å². The van der Waals surface area contributed by atoms with Crippen LogP contribution >= 0.6 is 0 Å². The number of hydrogen-bond acceptors (Lipinski definition) is 1. The van der Waals surface area contributed by atoms with Crippen LogP contribution in [0.25, 0.3) is 0 Å². The van der Waals surface area contributed by atoms with Gasteiger partial charge >= 0.3 is 32.2 Å². The Hall–Kier alpha value is 0.765. The van der Waals surface area contributed by atoms with Gasteiger partial charge in [-0.1, -0.05) is 5.28 Å². The Bertz CT molecular complexity index is 37.8. The van der Waals surface area contributed by atoms with Gasteiger partial charge in [-0.3, -0.25) is 0 Å². The Morgan fingerprint density at radius 2 is 2.67 bits per heavy atom. The third-order valence-corrected chi connectivity index (χ3v) is 2.80. The van der Waals surface area contributed by atoms with Crippen molar-refractivity contribution in [2.45, 2.75) is 5.28 Å². The number of rotatable bonds is 3. The summed E-state index contributed by atoms with van der Waals surface area (Å²) in [4.78, 5) is 0. The van der Waals surface area contributed by atoms with Gasteiger partial charge < -0.3 is 2.84 Å². The predicted molar refractivity (Wildman–Crippen MR) is 31.8 cm³/mol. The minimum absolute atomic E-state index is 0.135. The Labute approximate surface area is 53.2 Å². The lowest BCUT2D eigenvalue weighted by atomic mass is 10.8. The van der Waals surface area contributed by atoms with Gasteiger partial charge in [0.1, 0.15) is 0 Å². The van der Waals surface area contributed by atoms with E-state index < -0.39 is 0 Å². The maximum atomic E-state index is 4.99. The molecule has 0 rings (SSSR count). The summed E-state index contributed by atoms with van der Waals surface area (Å²) in [5, 5.41) is 1.13. The molecule has 0 atom stereocenters. The average Bonchev–Trinajstić information content (AvgIpc) is 1.61. The van der Waals surface area contributed by atoms with Crippen LogP contribution in [0.5, 0.6) is 0 Å². The molecule has 0 aromatic rings. The average molecular weight is 114 g/mol. The van der Waals surface area contributed by atoms with Gasteiger partial charge in [0.15, 0.2) is 0 Å². The van der Waals surface area contributed by atoms with E-state index in [0.717, 1.165) is 21.9 Å². The summed E-state index contributed by atoms with van der Waals surface area (Å²) in [6, 6.07) is 0. The summed E-state index contributed by atoms with van der Waals surface area (Å²) in [6.45, 7) is 3.57. The second kappa shape index (κ2) is 5.76. The van der Waals surface area contributed by atoms with Crippen molar-refractivity contribution in [3.8, 4) is 0 Å². The molecule has 0 amide bonds. The zero-order valence-electron chi connectivity index (χ0n) is 4.11. The van der Waals surface area contributed by atoms with Crippen LogP contribution in [-0.4, -0.2) is 32.2 Å². The van der Waals surface area contributed by atoms with Crippen molar-refractivity contribution in [3.05, 3.63) is 12.7 Å². The SMILES string of the molecule is C=C[CH2][AlH][O][AlH2]. The number of allylic oxidation sites excluding steroid dienone is 1. The van der Waals surface area contributed by atoms with Crippen molar-refractivity contribution in [1.82, 2.24) is 0 Å². The van der Waals surface area contributed by atoms with Crippen molar-refractivity contribution in [2.75, 3.05) is 0 Å². The molecule has 0 heterocycles. The minimum Gasteiger partial charge on any atom is -0.644 e. The van der Waals surface area contributed by atoms with E-state index in [1.54, 1.807) is 0 Å².